The van der Waals surface area contributed by atoms with Crippen LogP contribution in [0.15, 0.2) is 84.0 Å². The van der Waals surface area contributed by atoms with E-state index in [1.165, 1.54) is 49.8 Å². The number of thiazole rings is 1. The monoisotopic (exact) mass is 1060 g/mol. The number of piperidine rings is 1. The number of imidazole rings is 2. The molecule has 76 heavy (non-hydrogen) atoms. The predicted molar refractivity (Wildman–Crippen MR) is 280 cm³/mol. The molecule has 2 fully saturated rings. The summed E-state index contributed by atoms with van der Waals surface area (Å²) in [6.07, 6.45) is 9.34. The number of benzene rings is 2. The summed E-state index contributed by atoms with van der Waals surface area (Å²) in [7, 11) is 2.54. The molecule has 0 saturated carbocycles. The van der Waals surface area contributed by atoms with E-state index in [1.807, 2.05) is 63.8 Å². The molecule has 3 aliphatic heterocycles. The SMILES string of the molecule is COC(=O)NC(C(=O)N1CCCCC1(C)c1ncc(-c2ccc3c(c2)C=C2C4=C(C=C(c5cnc(C6CCCN6C(=O)C(C)(NC(=O)OC)C(C)C)[nH]5)CC4F)OC(c4cnc(Oc5ccc(F)cc5)s4)C23)[nH]1)C(C)C. The molecule has 2 aromatic carbocycles. The Morgan fingerprint density at radius 2 is 1.68 bits per heavy atom. The lowest BCUT2D eigenvalue weighted by Crippen LogP contribution is -2.60. The van der Waals surface area contributed by atoms with E-state index in [-0.39, 0.29) is 30.1 Å². The molecule has 2 aliphatic carbocycles. The molecule has 0 bridgehead atoms. The molecule has 2 saturated heterocycles. The topological polar surface area (TPSA) is 206 Å². The fourth-order valence-electron chi connectivity index (χ4n) is 11.3. The number of aromatic nitrogens is 5. The minimum atomic E-state index is -1.46. The minimum Gasteiger partial charge on any atom is -0.483 e. The summed E-state index contributed by atoms with van der Waals surface area (Å²) >= 11 is 1.29. The number of alkyl carbamates (subject to hydrolysis) is 2. The van der Waals surface area contributed by atoms with E-state index in [9.17, 15) is 23.6 Å². The van der Waals surface area contributed by atoms with Gasteiger partial charge in [-0.1, -0.05) is 57.2 Å². The third kappa shape index (κ3) is 9.53. The minimum absolute atomic E-state index is 0.0318. The predicted octanol–water partition coefficient (Wildman–Crippen LogP) is 10.6. The summed E-state index contributed by atoms with van der Waals surface area (Å²) in [5.41, 5.74) is 3.84. The van der Waals surface area contributed by atoms with Crippen molar-refractivity contribution >= 4 is 47.0 Å². The van der Waals surface area contributed by atoms with Gasteiger partial charge in [-0.2, -0.15) is 0 Å². The Balaban J connectivity index is 0.975. The molecule has 4 amide bonds. The van der Waals surface area contributed by atoms with Gasteiger partial charge in [-0.05, 0) is 116 Å². The van der Waals surface area contributed by atoms with Gasteiger partial charge >= 0.3 is 12.2 Å². The van der Waals surface area contributed by atoms with E-state index in [4.69, 9.17) is 28.9 Å². The van der Waals surface area contributed by atoms with E-state index < -0.39 is 59.4 Å². The number of halogens is 2. The lowest BCUT2D eigenvalue weighted by atomic mass is 9.78. The van der Waals surface area contributed by atoms with Gasteiger partial charge < -0.3 is 49.3 Å². The molecule has 7 unspecified atom stereocenters. The Kier molecular flexibility index (Phi) is 14.2. The first-order valence-electron chi connectivity index (χ1n) is 25.9. The second-order valence-corrected chi connectivity index (χ2v) is 22.2. The van der Waals surface area contributed by atoms with Crippen LogP contribution in [0, 0.1) is 17.7 Å². The molecule has 4 N–H and O–H groups in total. The number of nitrogens with zero attached hydrogens (tertiary/aromatic N) is 5. The maximum atomic E-state index is 17.3. The molecule has 17 nitrogen and oxygen atoms in total. The van der Waals surface area contributed by atoms with Gasteiger partial charge in [0.2, 0.25) is 11.8 Å². The second kappa shape index (κ2) is 20.6. The zero-order valence-electron chi connectivity index (χ0n) is 43.8. The molecule has 0 radical (unpaired) electrons. The number of allylic oxidation sites excluding steroid dienone is 3. The van der Waals surface area contributed by atoms with Crippen LogP contribution in [0.3, 0.4) is 0 Å². The number of carbonyl (C=O) groups excluding carboxylic acids is 4. The summed E-state index contributed by atoms with van der Waals surface area (Å²) in [6, 6.07) is 10.6. The molecule has 6 heterocycles. The van der Waals surface area contributed by atoms with Crippen LogP contribution in [0.1, 0.15) is 131 Å². The zero-order valence-corrected chi connectivity index (χ0v) is 44.6. The van der Waals surface area contributed by atoms with E-state index in [1.54, 1.807) is 30.4 Å². The van der Waals surface area contributed by atoms with Crippen LogP contribution in [-0.2, 0) is 29.3 Å². The summed E-state index contributed by atoms with van der Waals surface area (Å²) < 4.78 is 53.8. The number of nitrogens with one attached hydrogen (secondary N) is 4. The molecule has 3 aromatic heterocycles. The lowest BCUT2D eigenvalue weighted by molar-refractivity contribution is -0.143. The van der Waals surface area contributed by atoms with Crippen molar-refractivity contribution in [3.05, 3.63) is 123 Å². The first-order chi connectivity index (χ1) is 36.4. The number of amides is 4. The average Bonchev–Trinajstić information content (AvgIpc) is 4.32. The number of aromatic amines is 2. The van der Waals surface area contributed by atoms with Crippen molar-refractivity contribution < 1.29 is 46.9 Å². The fraction of sp³-hybridized carbons (Fsp3) is 0.446. The molecule has 5 aromatic rings. The molecule has 400 valence electrons. The van der Waals surface area contributed by atoms with Gasteiger partial charge in [-0.3, -0.25) is 9.59 Å². The van der Waals surface area contributed by atoms with E-state index in [0.717, 1.165) is 52.1 Å². The van der Waals surface area contributed by atoms with Crippen molar-refractivity contribution in [3.63, 3.8) is 0 Å². The maximum absolute atomic E-state index is 17.3. The average molecular weight is 1060 g/mol. The quantitative estimate of drug-likeness (QED) is 0.0873. The third-order valence-electron chi connectivity index (χ3n) is 15.9. The van der Waals surface area contributed by atoms with Gasteiger partial charge in [0, 0.05) is 36.8 Å². The number of carbonyl (C=O) groups is 4. The number of ether oxygens (including phenoxy) is 4. The Hall–Kier alpha value is -7.35. The number of H-pyrrole nitrogens is 2. The molecule has 0 spiro atoms. The van der Waals surface area contributed by atoms with Crippen LogP contribution in [0.25, 0.3) is 22.9 Å². The smallest absolute Gasteiger partial charge is 0.407 e. The van der Waals surface area contributed by atoms with Crippen LogP contribution in [0.5, 0.6) is 10.9 Å². The van der Waals surface area contributed by atoms with E-state index in [0.29, 0.717) is 71.1 Å². The van der Waals surface area contributed by atoms with Crippen LogP contribution in [0.4, 0.5) is 18.4 Å². The first kappa shape index (κ1) is 52.1. The molecule has 10 rings (SSSR count). The highest BCUT2D eigenvalue weighted by Gasteiger charge is 2.49. The van der Waals surface area contributed by atoms with Gasteiger partial charge in [0.1, 0.15) is 52.8 Å². The van der Waals surface area contributed by atoms with Gasteiger partial charge in [0.15, 0.2) is 0 Å². The maximum Gasteiger partial charge on any atom is 0.407 e. The molecular formula is C56H63F2N9O8S. The Morgan fingerprint density at radius 1 is 0.921 bits per heavy atom. The van der Waals surface area contributed by atoms with Crippen molar-refractivity contribution in [1.82, 2.24) is 45.4 Å². The van der Waals surface area contributed by atoms with Crippen molar-refractivity contribution in [1.29, 1.82) is 0 Å². The molecular weight excluding hydrogens is 997 g/mol. The largest absolute Gasteiger partial charge is 0.483 e. The number of fused-ring (bicyclic) bond motifs is 4. The summed E-state index contributed by atoms with van der Waals surface area (Å²) in [5.74, 6) is 0.271. The summed E-state index contributed by atoms with van der Waals surface area (Å²) in [6.45, 7) is 12.2. The number of alkyl halides is 1. The van der Waals surface area contributed by atoms with Gasteiger partial charge in [-0.15, -0.1) is 0 Å². The van der Waals surface area contributed by atoms with Crippen molar-refractivity contribution in [3.8, 4) is 22.2 Å². The molecule has 20 heteroatoms. The number of likely N-dealkylation sites (tertiary alicyclic amines) is 2. The van der Waals surface area contributed by atoms with Crippen LogP contribution >= 0.6 is 11.3 Å². The van der Waals surface area contributed by atoms with Crippen LogP contribution in [-0.4, -0.2) is 104 Å². The lowest BCUT2D eigenvalue weighted by Gasteiger charge is -2.45. The highest BCUT2D eigenvalue weighted by molar-refractivity contribution is 7.13. The standard InChI is InChI=1S/C56H63F2N9O8S/c1-29(2)46(64-52(70)72-7)49(68)67-21-10-9-19-55(67,5)50-60-27-39(63-50)31-13-18-36-32(22-31)23-37-44(36)47(43-28-61-54(76-43)74-35-16-14-34(57)15-17-35)75-42-25-33(24-38(58)45(37)42)40-26-59-48(62-40)41-12-11-20-66(41)51(69)56(6,30(3)4)65-53(71)73-8/h13-18,22-23,25-30,38,41,44,46-47H,9-12,19-21,24H2,1-8H3,(H,59,62)(H,60,63)(H,64,70)(H,65,71). The van der Waals surface area contributed by atoms with Gasteiger partial charge in [0.25, 0.3) is 5.19 Å². The first-order valence-corrected chi connectivity index (χ1v) is 26.7. The van der Waals surface area contributed by atoms with E-state index in [2.05, 4.69) is 31.7 Å². The Labute approximate surface area is 443 Å². The number of methoxy groups -OCH3 is 2. The fourth-order valence-corrected chi connectivity index (χ4v) is 12.1. The van der Waals surface area contributed by atoms with Crippen molar-refractivity contribution in [2.24, 2.45) is 11.8 Å². The van der Waals surface area contributed by atoms with Gasteiger partial charge in [0.05, 0.1) is 60.4 Å². The van der Waals surface area contributed by atoms with Crippen LogP contribution in [0.2, 0.25) is 0 Å². The third-order valence-corrected chi connectivity index (χ3v) is 16.8. The van der Waals surface area contributed by atoms with E-state index >= 15 is 4.39 Å². The number of hydrogen-bond acceptors (Lipinski definition) is 12. The second-order valence-electron chi connectivity index (χ2n) is 21.2. The summed E-state index contributed by atoms with van der Waals surface area (Å²) in [5, 5.41) is 5.83. The Morgan fingerprint density at radius 3 is 2.42 bits per heavy atom. The van der Waals surface area contributed by atoms with Crippen LogP contribution < -0.4 is 15.4 Å². The number of rotatable bonds is 13. The number of hydrogen-bond donors (Lipinski definition) is 4. The highest BCUT2D eigenvalue weighted by Crippen LogP contribution is 2.57. The van der Waals surface area contributed by atoms with Crippen molar-refractivity contribution in [2.75, 3.05) is 27.3 Å². The molecule has 5 aliphatic rings. The molecule has 7 atom stereocenters. The Bertz CT molecular complexity index is 3160. The summed E-state index contributed by atoms with van der Waals surface area (Å²) in [4.78, 5) is 78.6. The van der Waals surface area contributed by atoms with Crippen molar-refractivity contribution in [2.45, 2.75) is 121 Å². The highest BCUT2D eigenvalue weighted by atomic mass is 32.1. The normalized spacial score (nSPS) is 23.2. The zero-order chi connectivity index (χ0) is 53.8. The van der Waals surface area contributed by atoms with Gasteiger partial charge in [-0.25, -0.2) is 33.3 Å².